The minimum atomic E-state index is -0.247. The second kappa shape index (κ2) is 7.16. The first-order valence-corrected chi connectivity index (χ1v) is 7.87. The van der Waals surface area contributed by atoms with E-state index in [0.29, 0.717) is 38.3 Å². The highest BCUT2D eigenvalue weighted by Gasteiger charge is 2.27. The van der Waals surface area contributed by atoms with Crippen molar-refractivity contribution in [1.29, 1.82) is 0 Å². The molecule has 0 saturated carbocycles. The molecule has 1 fully saturated rings. The molecule has 2 aromatic heterocycles. The number of aromatic nitrogens is 3. The van der Waals surface area contributed by atoms with Crippen molar-refractivity contribution in [2.24, 2.45) is 5.92 Å². The molecule has 1 aliphatic heterocycles. The Morgan fingerprint density at radius 2 is 2.21 bits per heavy atom. The molecule has 0 radical (unpaired) electrons. The molecule has 9 heteroatoms. The molecule has 9 nitrogen and oxygen atoms in total. The average Bonchev–Trinajstić information content (AvgIpc) is 3.24. The molecule has 0 unspecified atom stereocenters. The number of nitrogens with zero attached hydrogens (tertiary/aromatic N) is 3. The highest BCUT2D eigenvalue weighted by atomic mass is 16.3. The molecule has 3 amide bonds. The molecule has 3 rings (SSSR count). The number of nitrogens with one attached hydrogen (secondary N) is 3. The number of urea groups is 1. The summed E-state index contributed by atoms with van der Waals surface area (Å²) in [5, 5.41) is 12.1. The van der Waals surface area contributed by atoms with Gasteiger partial charge in [-0.1, -0.05) is 0 Å². The molecule has 3 heterocycles. The first kappa shape index (κ1) is 16.0. The van der Waals surface area contributed by atoms with Gasteiger partial charge in [0.05, 0.1) is 12.8 Å². The summed E-state index contributed by atoms with van der Waals surface area (Å²) in [5.41, 5.74) is 0. The number of anilines is 1. The number of rotatable bonds is 4. The Morgan fingerprint density at radius 3 is 2.83 bits per heavy atom. The van der Waals surface area contributed by atoms with E-state index in [0.717, 1.165) is 5.76 Å². The molecule has 2 aromatic rings. The molecule has 0 spiro atoms. The van der Waals surface area contributed by atoms with Gasteiger partial charge in [0.2, 0.25) is 11.9 Å². The Hall–Kier alpha value is -2.84. The van der Waals surface area contributed by atoms with Crippen molar-refractivity contribution < 1.29 is 14.0 Å². The second-order valence-electron chi connectivity index (χ2n) is 5.73. The molecule has 0 aliphatic carbocycles. The van der Waals surface area contributed by atoms with Gasteiger partial charge in [0.1, 0.15) is 11.6 Å². The lowest BCUT2D eigenvalue weighted by Gasteiger charge is -2.30. The summed E-state index contributed by atoms with van der Waals surface area (Å²) in [5.74, 6) is 1.53. The number of likely N-dealkylation sites (tertiary alicyclic amines) is 1. The average molecular weight is 332 g/mol. The van der Waals surface area contributed by atoms with Crippen molar-refractivity contribution in [3.8, 4) is 0 Å². The summed E-state index contributed by atoms with van der Waals surface area (Å²) >= 11 is 0. The molecule has 0 bridgehead atoms. The lowest BCUT2D eigenvalue weighted by Crippen LogP contribution is -2.44. The Labute approximate surface area is 138 Å². The van der Waals surface area contributed by atoms with Gasteiger partial charge < -0.3 is 14.6 Å². The zero-order chi connectivity index (χ0) is 16.9. The molecule has 1 saturated heterocycles. The summed E-state index contributed by atoms with van der Waals surface area (Å²) in [7, 11) is 0. The van der Waals surface area contributed by atoms with Gasteiger partial charge in [-0.3, -0.25) is 15.2 Å². The summed E-state index contributed by atoms with van der Waals surface area (Å²) < 4.78 is 5.19. The van der Waals surface area contributed by atoms with Crippen molar-refractivity contribution in [3.63, 3.8) is 0 Å². The quantitative estimate of drug-likeness (QED) is 0.779. The number of hydrogen-bond acceptors (Lipinski definition) is 5. The molecule has 24 heavy (non-hydrogen) atoms. The second-order valence-corrected chi connectivity index (χ2v) is 5.73. The monoisotopic (exact) mass is 332 g/mol. The van der Waals surface area contributed by atoms with Gasteiger partial charge >= 0.3 is 6.03 Å². The maximum Gasteiger partial charge on any atom is 0.324 e. The Kier molecular flexibility index (Phi) is 4.78. The van der Waals surface area contributed by atoms with Crippen LogP contribution in [0.25, 0.3) is 0 Å². The van der Waals surface area contributed by atoms with Crippen LogP contribution in [0.4, 0.5) is 10.7 Å². The van der Waals surface area contributed by atoms with E-state index in [1.165, 1.54) is 0 Å². The van der Waals surface area contributed by atoms with Crippen LogP contribution in [0.5, 0.6) is 0 Å². The van der Waals surface area contributed by atoms with Gasteiger partial charge in [-0.05, 0) is 31.9 Å². The van der Waals surface area contributed by atoms with Gasteiger partial charge in [-0.25, -0.2) is 4.79 Å². The van der Waals surface area contributed by atoms with Gasteiger partial charge in [-0.15, -0.1) is 5.10 Å². The lowest BCUT2D eigenvalue weighted by molar-refractivity contribution is -0.126. The number of piperidine rings is 1. The van der Waals surface area contributed by atoms with Gasteiger partial charge in [0, 0.05) is 19.0 Å². The summed E-state index contributed by atoms with van der Waals surface area (Å²) in [4.78, 5) is 30.0. The van der Waals surface area contributed by atoms with Crippen LogP contribution < -0.4 is 10.6 Å². The molecule has 0 atom stereocenters. The fourth-order valence-electron chi connectivity index (χ4n) is 2.65. The third-order valence-corrected chi connectivity index (χ3v) is 3.99. The van der Waals surface area contributed by atoms with Crippen molar-refractivity contribution in [3.05, 3.63) is 30.0 Å². The van der Waals surface area contributed by atoms with Crippen molar-refractivity contribution in [2.45, 2.75) is 26.3 Å². The fraction of sp³-hybridized carbons (Fsp3) is 0.467. The standard InChI is InChI=1S/C15H20N6O3/c1-10-17-14(20-19-10)18-15(23)21-6-4-11(5-7-21)13(22)16-9-12-3-2-8-24-12/h2-3,8,11H,4-7,9H2,1H3,(H,16,22)(H2,17,18,19,20,23). The largest absolute Gasteiger partial charge is 0.467 e. The van der Waals surface area contributed by atoms with E-state index in [9.17, 15) is 9.59 Å². The number of aryl methyl sites for hydroxylation is 1. The van der Waals surface area contributed by atoms with E-state index in [4.69, 9.17) is 4.42 Å². The van der Waals surface area contributed by atoms with Crippen LogP contribution in [-0.2, 0) is 11.3 Å². The lowest BCUT2D eigenvalue weighted by atomic mass is 9.96. The fourth-order valence-corrected chi connectivity index (χ4v) is 2.65. The summed E-state index contributed by atoms with van der Waals surface area (Å²) in [6.07, 6.45) is 2.84. The molecule has 3 N–H and O–H groups in total. The van der Waals surface area contributed by atoms with Crippen molar-refractivity contribution in [1.82, 2.24) is 25.4 Å². The molecule has 0 aromatic carbocycles. The number of hydrogen-bond donors (Lipinski definition) is 3. The zero-order valence-electron chi connectivity index (χ0n) is 13.4. The SMILES string of the molecule is Cc1nc(NC(=O)N2CCC(C(=O)NCc3ccco3)CC2)n[nH]1. The van der Waals surface area contributed by atoms with E-state index in [2.05, 4.69) is 25.8 Å². The predicted octanol–water partition coefficient (Wildman–Crippen LogP) is 1.27. The van der Waals surface area contributed by atoms with Crippen LogP contribution in [0.15, 0.2) is 22.8 Å². The normalized spacial score (nSPS) is 15.3. The van der Waals surface area contributed by atoms with E-state index in [1.54, 1.807) is 24.2 Å². The number of H-pyrrole nitrogens is 1. The van der Waals surface area contributed by atoms with Crippen LogP contribution in [0.3, 0.4) is 0 Å². The Bertz CT molecular complexity index is 688. The first-order chi connectivity index (χ1) is 11.6. The molecule has 128 valence electrons. The van der Waals surface area contributed by atoms with Crippen LogP contribution in [-0.4, -0.2) is 45.1 Å². The van der Waals surface area contributed by atoms with Gasteiger partial charge in [-0.2, -0.15) is 4.98 Å². The number of furan rings is 1. The zero-order valence-corrected chi connectivity index (χ0v) is 13.4. The minimum absolute atomic E-state index is 0.00366. The smallest absolute Gasteiger partial charge is 0.324 e. The Morgan fingerprint density at radius 1 is 1.42 bits per heavy atom. The number of amides is 3. The topological polar surface area (TPSA) is 116 Å². The molecular weight excluding hydrogens is 312 g/mol. The first-order valence-electron chi connectivity index (χ1n) is 7.87. The third-order valence-electron chi connectivity index (χ3n) is 3.99. The van der Waals surface area contributed by atoms with E-state index in [1.807, 2.05) is 6.07 Å². The van der Waals surface area contributed by atoms with E-state index < -0.39 is 0 Å². The van der Waals surface area contributed by atoms with Crippen LogP contribution >= 0.6 is 0 Å². The highest BCUT2D eigenvalue weighted by Crippen LogP contribution is 2.18. The van der Waals surface area contributed by atoms with Crippen molar-refractivity contribution >= 4 is 17.9 Å². The minimum Gasteiger partial charge on any atom is -0.467 e. The maximum atomic E-state index is 12.2. The van der Waals surface area contributed by atoms with Crippen LogP contribution in [0.2, 0.25) is 0 Å². The number of carbonyl (C=O) groups is 2. The Balaban J connectivity index is 1.43. The van der Waals surface area contributed by atoms with E-state index >= 15 is 0 Å². The maximum absolute atomic E-state index is 12.2. The van der Waals surface area contributed by atoms with Crippen molar-refractivity contribution in [2.75, 3.05) is 18.4 Å². The summed E-state index contributed by atoms with van der Waals surface area (Å²) in [6, 6.07) is 3.36. The van der Waals surface area contributed by atoms with Gasteiger partial charge in [0.25, 0.3) is 0 Å². The number of aromatic amines is 1. The number of carbonyl (C=O) groups excluding carboxylic acids is 2. The third kappa shape index (κ3) is 3.92. The molecule has 1 aliphatic rings. The van der Waals surface area contributed by atoms with Crippen LogP contribution in [0.1, 0.15) is 24.4 Å². The van der Waals surface area contributed by atoms with E-state index in [-0.39, 0.29) is 23.8 Å². The molecular formula is C15H20N6O3. The predicted molar refractivity (Wildman–Crippen MR) is 85.0 cm³/mol. The summed E-state index contributed by atoms with van der Waals surface area (Å²) in [6.45, 7) is 3.19. The highest BCUT2D eigenvalue weighted by molar-refractivity contribution is 5.87. The van der Waals surface area contributed by atoms with Crippen LogP contribution in [0, 0.1) is 12.8 Å². The van der Waals surface area contributed by atoms with Gasteiger partial charge in [0.15, 0.2) is 0 Å².